The van der Waals surface area contributed by atoms with Crippen LogP contribution in [0.1, 0.15) is 124 Å². The molecule has 0 radical (unpaired) electrons. The molecule has 3 fully saturated rings. The standard InChI is InChI=1S/C29H43N5O6.C13H23NO3.C2H6/c1-29(2,40)15-20-12-13-34(4)25(20)27(38)32-21(14-18-10-11-18)26(37)28(39)31-17-23(36)33-24(22(35)16-30-3)19-8-6-5-7-9-19;1-10(2)17-12(16)14-11(9-15)13(3)7-5-4-6-8-13;1-2/h5-9,18,20-21,24-25,30,40H,10-17H2,1-4H3,(H,31,39)(H,32,38)(H,33,36);9-11H,4-8H2,1-3H3,(H,14,16);1-2H3/t20-,21?,24?,25?;;/m1../s1. The summed E-state index contributed by atoms with van der Waals surface area (Å²) in [5, 5.41) is 23.5. The van der Waals surface area contributed by atoms with Gasteiger partial charge in [-0.25, -0.2) is 4.79 Å². The van der Waals surface area contributed by atoms with Crippen molar-refractivity contribution in [2.24, 2.45) is 17.3 Å². The number of ketones is 2. The predicted molar refractivity (Wildman–Crippen MR) is 226 cm³/mol. The number of carbonyl (C=O) groups excluding carboxylic acids is 7. The first-order chi connectivity index (χ1) is 27.9. The number of alkyl carbamates (subject to hydrolysis) is 1. The van der Waals surface area contributed by atoms with Crippen molar-refractivity contribution in [1.82, 2.24) is 31.5 Å². The fourth-order valence-corrected chi connectivity index (χ4v) is 7.78. The molecular weight excluding hydrogens is 757 g/mol. The Morgan fingerprint density at radius 2 is 1.58 bits per heavy atom. The molecule has 4 amide bonds. The quantitative estimate of drug-likeness (QED) is 0.0873. The van der Waals surface area contributed by atoms with Gasteiger partial charge in [-0.15, -0.1) is 0 Å². The van der Waals surface area contributed by atoms with Crippen molar-refractivity contribution in [3.8, 4) is 0 Å². The number of amides is 4. The van der Waals surface area contributed by atoms with E-state index in [4.69, 9.17) is 4.74 Å². The molecule has 15 heteroatoms. The number of benzene rings is 1. The van der Waals surface area contributed by atoms with Crippen LogP contribution in [0.2, 0.25) is 0 Å². The van der Waals surface area contributed by atoms with Crippen LogP contribution in [0.5, 0.6) is 0 Å². The number of ether oxygens (including phenoxy) is 1. The zero-order chi connectivity index (χ0) is 44.3. The number of likely N-dealkylation sites (N-methyl/N-ethyl adjacent to an activating group) is 2. The van der Waals surface area contributed by atoms with Gasteiger partial charge in [0.15, 0.2) is 5.78 Å². The van der Waals surface area contributed by atoms with Crippen LogP contribution in [0, 0.1) is 17.3 Å². The van der Waals surface area contributed by atoms with Crippen molar-refractivity contribution in [2.45, 2.75) is 149 Å². The number of hydrogen-bond acceptors (Lipinski definition) is 11. The molecule has 59 heavy (non-hydrogen) atoms. The third-order valence-corrected chi connectivity index (χ3v) is 10.9. The van der Waals surface area contributed by atoms with Crippen LogP contribution in [0.25, 0.3) is 0 Å². The highest BCUT2D eigenvalue weighted by molar-refractivity contribution is 6.38. The molecule has 3 aliphatic rings. The summed E-state index contributed by atoms with van der Waals surface area (Å²) in [6, 6.07) is 5.89. The molecule has 1 saturated heterocycles. The van der Waals surface area contributed by atoms with Crippen LogP contribution in [-0.2, 0) is 33.5 Å². The molecule has 6 N–H and O–H groups in total. The van der Waals surface area contributed by atoms with Crippen molar-refractivity contribution in [2.75, 3.05) is 33.7 Å². The number of nitrogens with one attached hydrogen (secondary N) is 5. The number of Topliss-reactive ketones (excluding diaryl/α,β-unsaturated/α-hetero) is 2. The highest BCUT2D eigenvalue weighted by Crippen LogP contribution is 2.38. The second kappa shape index (κ2) is 24.8. The molecule has 4 unspecified atom stereocenters. The lowest BCUT2D eigenvalue weighted by atomic mass is 9.71. The molecule has 0 spiro atoms. The molecule has 5 atom stereocenters. The van der Waals surface area contributed by atoms with E-state index in [1.54, 1.807) is 65.1 Å². The fraction of sp³-hybridized carbons (Fsp3) is 0.705. The Kier molecular flexibility index (Phi) is 21.4. The van der Waals surface area contributed by atoms with Crippen molar-refractivity contribution in [3.05, 3.63) is 35.9 Å². The smallest absolute Gasteiger partial charge is 0.407 e. The summed E-state index contributed by atoms with van der Waals surface area (Å²) in [4.78, 5) is 89.0. The molecule has 0 bridgehead atoms. The molecule has 2 aliphatic carbocycles. The molecule has 1 aromatic carbocycles. The van der Waals surface area contributed by atoms with Crippen molar-refractivity contribution >= 4 is 41.7 Å². The number of rotatable bonds is 19. The molecule has 4 rings (SSSR count). The Labute approximate surface area is 351 Å². The number of aldehydes is 1. The Hall–Kier alpha value is -4.21. The summed E-state index contributed by atoms with van der Waals surface area (Å²) in [6.45, 7) is 13.3. The van der Waals surface area contributed by atoms with E-state index in [9.17, 15) is 38.7 Å². The van der Waals surface area contributed by atoms with Crippen LogP contribution < -0.4 is 26.6 Å². The van der Waals surface area contributed by atoms with Gasteiger partial charge in [0.05, 0.1) is 42.9 Å². The molecule has 15 nitrogen and oxygen atoms in total. The molecule has 1 heterocycles. The minimum Gasteiger partial charge on any atom is -0.447 e. The van der Waals surface area contributed by atoms with Crippen molar-refractivity contribution in [3.63, 3.8) is 0 Å². The van der Waals surface area contributed by atoms with Crippen molar-refractivity contribution in [1.29, 1.82) is 0 Å². The minimum atomic E-state index is -1.01. The first-order valence-electron chi connectivity index (χ1n) is 21.4. The average molecular weight is 829 g/mol. The third kappa shape index (κ3) is 17.5. The van der Waals surface area contributed by atoms with Gasteiger partial charge in [0, 0.05) is 0 Å². The number of hydrogen-bond donors (Lipinski definition) is 6. The average Bonchev–Trinajstić information content (AvgIpc) is 3.94. The maximum atomic E-state index is 13.3. The Balaban J connectivity index is 0.000000527. The van der Waals surface area contributed by atoms with Crippen LogP contribution in [0.4, 0.5) is 4.79 Å². The van der Waals surface area contributed by atoms with E-state index >= 15 is 0 Å². The maximum absolute atomic E-state index is 13.3. The largest absolute Gasteiger partial charge is 0.447 e. The van der Waals surface area contributed by atoms with Gasteiger partial charge in [-0.3, -0.25) is 28.9 Å². The van der Waals surface area contributed by atoms with E-state index in [-0.39, 0.29) is 41.6 Å². The SMILES string of the molecule is CC.CC(C)OC(=O)NC(C=O)C1(C)CCCCC1.CNCC(=O)C(NC(=O)CNC(=O)C(=O)C(CC1CC1)NC(=O)C1[C@@H](CC(C)(C)O)CCN1C)c1ccccc1. The second-order valence-corrected chi connectivity index (χ2v) is 17.1. The predicted octanol–water partition coefficient (Wildman–Crippen LogP) is 3.77. The zero-order valence-corrected chi connectivity index (χ0v) is 36.9. The number of nitrogens with zero attached hydrogens (tertiary/aromatic N) is 1. The number of likely N-dealkylation sites (tertiary alicyclic amines) is 1. The van der Waals surface area contributed by atoms with E-state index in [1.807, 2.05) is 25.8 Å². The van der Waals surface area contributed by atoms with Gasteiger partial charge in [0.2, 0.25) is 17.6 Å². The van der Waals surface area contributed by atoms with Crippen LogP contribution in [-0.4, -0.2) is 115 Å². The van der Waals surface area contributed by atoms with E-state index in [2.05, 4.69) is 33.5 Å². The normalized spacial score (nSPS) is 20.2. The molecular formula is C44H72N6O9. The van der Waals surface area contributed by atoms with E-state index in [0.29, 0.717) is 24.9 Å². The second-order valence-electron chi connectivity index (χ2n) is 17.1. The van der Waals surface area contributed by atoms with E-state index in [1.165, 1.54) is 6.42 Å². The molecule has 332 valence electrons. The molecule has 0 aromatic heterocycles. The molecule has 1 aromatic rings. The lowest BCUT2D eigenvalue weighted by molar-refractivity contribution is -0.141. The first-order valence-corrected chi connectivity index (χ1v) is 21.4. The maximum Gasteiger partial charge on any atom is 0.407 e. The van der Waals surface area contributed by atoms with Crippen LogP contribution >= 0.6 is 0 Å². The Morgan fingerprint density at radius 1 is 0.949 bits per heavy atom. The lowest BCUT2D eigenvalue weighted by Gasteiger charge is -2.38. The minimum absolute atomic E-state index is 0.0417. The fourth-order valence-electron chi connectivity index (χ4n) is 7.78. The summed E-state index contributed by atoms with van der Waals surface area (Å²) in [7, 11) is 3.46. The van der Waals surface area contributed by atoms with Gasteiger partial charge in [-0.1, -0.05) is 83.2 Å². The van der Waals surface area contributed by atoms with E-state index < -0.39 is 60.0 Å². The van der Waals surface area contributed by atoms with Crippen LogP contribution in [0.3, 0.4) is 0 Å². The van der Waals surface area contributed by atoms with Crippen LogP contribution in [0.15, 0.2) is 30.3 Å². The first kappa shape index (κ1) is 50.9. The Bertz CT molecular complexity index is 1520. The summed E-state index contributed by atoms with van der Waals surface area (Å²) in [5.74, 6) is -2.82. The topological polar surface area (TPSA) is 212 Å². The molecule has 2 saturated carbocycles. The third-order valence-electron chi connectivity index (χ3n) is 10.9. The monoisotopic (exact) mass is 829 g/mol. The van der Waals surface area contributed by atoms with Gasteiger partial charge < -0.3 is 41.2 Å². The Morgan fingerprint density at radius 3 is 2.12 bits per heavy atom. The van der Waals surface area contributed by atoms with E-state index in [0.717, 1.165) is 51.2 Å². The summed E-state index contributed by atoms with van der Waals surface area (Å²) in [6.07, 6.45) is 9.01. The highest BCUT2D eigenvalue weighted by atomic mass is 16.6. The van der Waals surface area contributed by atoms with Crippen molar-refractivity contribution < 1.29 is 43.4 Å². The van der Waals surface area contributed by atoms with Gasteiger partial charge in [-0.2, -0.15) is 0 Å². The summed E-state index contributed by atoms with van der Waals surface area (Å²) in [5.41, 5.74) is -0.448. The zero-order valence-electron chi connectivity index (χ0n) is 36.9. The number of aliphatic hydroxyl groups is 1. The highest BCUT2D eigenvalue weighted by Gasteiger charge is 2.42. The summed E-state index contributed by atoms with van der Waals surface area (Å²) >= 11 is 0. The number of carbonyl (C=O) groups is 7. The molecule has 1 aliphatic heterocycles. The van der Waals surface area contributed by atoms with Gasteiger partial charge in [0.1, 0.15) is 12.3 Å². The van der Waals surface area contributed by atoms with Gasteiger partial charge >= 0.3 is 6.09 Å². The lowest BCUT2D eigenvalue weighted by Crippen LogP contribution is -2.54. The van der Waals surface area contributed by atoms with Gasteiger partial charge in [-0.05, 0) is 103 Å². The summed E-state index contributed by atoms with van der Waals surface area (Å²) < 4.78 is 5.01. The van der Waals surface area contributed by atoms with Gasteiger partial charge in [0.25, 0.3) is 5.91 Å².